The van der Waals surface area contributed by atoms with E-state index in [1.807, 2.05) is 13.8 Å². The number of carbonyl (C=O) groups excluding carboxylic acids is 1. The highest BCUT2D eigenvalue weighted by Gasteiger charge is 2.18. The van der Waals surface area contributed by atoms with Crippen molar-refractivity contribution in [1.82, 2.24) is 4.90 Å². The van der Waals surface area contributed by atoms with Crippen LogP contribution >= 0.6 is 31.9 Å². The van der Waals surface area contributed by atoms with Gasteiger partial charge in [-0.25, -0.2) is 13.6 Å². The fourth-order valence-electron chi connectivity index (χ4n) is 1.36. The third-order valence-corrected chi connectivity index (χ3v) is 4.88. The maximum absolute atomic E-state index is 11.9. The van der Waals surface area contributed by atoms with E-state index >= 15 is 0 Å². The highest BCUT2D eigenvalue weighted by molar-refractivity contribution is 9.11. The Morgan fingerprint density at radius 1 is 1.33 bits per heavy atom. The number of ether oxygens (including phenoxy) is 1. The quantitative estimate of drug-likeness (QED) is 0.754. The predicted molar refractivity (Wildman–Crippen MR) is 86.6 cm³/mol. The van der Waals surface area contributed by atoms with Gasteiger partial charge in [0, 0.05) is 13.1 Å². The molecule has 0 saturated heterocycles. The molecule has 118 valence electrons. The monoisotopic (exact) mass is 442 g/mol. The molecule has 0 aromatic heterocycles. The Kier molecular flexibility index (Phi) is 6.21. The average molecular weight is 444 g/mol. The van der Waals surface area contributed by atoms with Crippen molar-refractivity contribution in [3.05, 3.63) is 21.1 Å². The van der Waals surface area contributed by atoms with E-state index in [2.05, 4.69) is 31.9 Å². The number of rotatable bonds is 5. The van der Waals surface area contributed by atoms with Crippen LogP contribution in [0.5, 0.6) is 5.75 Å². The highest BCUT2D eigenvalue weighted by atomic mass is 79.9. The van der Waals surface area contributed by atoms with Gasteiger partial charge in [0.25, 0.3) is 5.91 Å². The van der Waals surface area contributed by atoms with E-state index in [4.69, 9.17) is 9.88 Å². The predicted octanol–water partition coefficient (Wildman–Crippen LogP) is 2.10. The van der Waals surface area contributed by atoms with Gasteiger partial charge in [0.2, 0.25) is 10.0 Å². The fraction of sp³-hybridized carbons (Fsp3) is 0.417. The zero-order chi connectivity index (χ0) is 16.4. The highest BCUT2D eigenvalue weighted by Crippen LogP contribution is 2.35. The number of likely N-dealkylation sites (N-methyl/N-ethyl adjacent to an activating group) is 1. The van der Waals surface area contributed by atoms with E-state index in [0.29, 0.717) is 14.7 Å². The van der Waals surface area contributed by atoms with Crippen molar-refractivity contribution in [2.45, 2.75) is 24.8 Å². The van der Waals surface area contributed by atoms with Gasteiger partial charge in [-0.15, -0.1) is 0 Å². The Hall–Kier alpha value is -0.640. The lowest BCUT2D eigenvalue weighted by molar-refractivity contribution is -0.133. The maximum Gasteiger partial charge on any atom is 0.260 e. The molecule has 0 radical (unpaired) electrons. The standard InChI is InChI=1S/C12H16Br2N2O4S/c1-7(2)16(3)11(17)6-20-12-9(13)4-8(5-10(12)14)21(15,18)19/h4-5,7H,6H2,1-3H3,(H2,15,18,19). The fourth-order valence-corrected chi connectivity index (χ4v) is 3.65. The number of amides is 1. The third kappa shape index (κ3) is 4.94. The van der Waals surface area contributed by atoms with Crippen LogP contribution in [-0.2, 0) is 14.8 Å². The number of carbonyl (C=O) groups is 1. The number of hydrogen-bond donors (Lipinski definition) is 1. The summed E-state index contributed by atoms with van der Waals surface area (Å²) >= 11 is 6.41. The second-order valence-electron chi connectivity index (χ2n) is 4.65. The molecule has 1 aromatic rings. The van der Waals surface area contributed by atoms with Gasteiger partial charge in [-0.05, 0) is 57.8 Å². The van der Waals surface area contributed by atoms with Crippen molar-refractivity contribution in [3.8, 4) is 5.75 Å². The molecule has 1 amide bonds. The van der Waals surface area contributed by atoms with Gasteiger partial charge in [0.05, 0.1) is 13.8 Å². The summed E-state index contributed by atoms with van der Waals surface area (Å²) in [5.41, 5.74) is 0. The van der Waals surface area contributed by atoms with E-state index in [1.165, 1.54) is 12.1 Å². The summed E-state index contributed by atoms with van der Waals surface area (Å²) in [6.07, 6.45) is 0. The van der Waals surface area contributed by atoms with Crippen LogP contribution in [0.15, 0.2) is 26.0 Å². The number of primary sulfonamides is 1. The van der Waals surface area contributed by atoms with Gasteiger partial charge in [-0.1, -0.05) is 0 Å². The first-order valence-electron chi connectivity index (χ1n) is 5.94. The summed E-state index contributed by atoms with van der Waals surface area (Å²) in [6.45, 7) is 3.63. The molecule has 1 aromatic carbocycles. The first-order valence-corrected chi connectivity index (χ1v) is 9.07. The topological polar surface area (TPSA) is 89.7 Å². The first-order chi connectivity index (χ1) is 9.54. The molecule has 0 spiro atoms. The molecule has 1 rings (SSSR count). The van der Waals surface area contributed by atoms with Crippen molar-refractivity contribution in [2.24, 2.45) is 5.14 Å². The molecule has 0 unspecified atom stereocenters. The molecule has 0 atom stereocenters. The lowest BCUT2D eigenvalue weighted by atomic mass is 10.3. The van der Waals surface area contributed by atoms with Crippen LogP contribution in [-0.4, -0.2) is 38.9 Å². The minimum Gasteiger partial charge on any atom is -0.481 e. The number of nitrogens with zero attached hydrogens (tertiary/aromatic N) is 1. The lowest BCUT2D eigenvalue weighted by Gasteiger charge is -2.21. The van der Waals surface area contributed by atoms with Gasteiger partial charge >= 0.3 is 0 Å². The number of hydrogen-bond acceptors (Lipinski definition) is 4. The molecule has 2 N–H and O–H groups in total. The Morgan fingerprint density at radius 3 is 2.19 bits per heavy atom. The second kappa shape index (κ2) is 7.08. The Balaban J connectivity index is 2.94. The number of nitrogens with two attached hydrogens (primary N) is 1. The average Bonchev–Trinajstić information content (AvgIpc) is 2.35. The number of halogens is 2. The molecule has 0 saturated carbocycles. The molecular weight excluding hydrogens is 428 g/mol. The van der Waals surface area contributed by atoms with Gasteiger partial charge in [0.1, 0.15) is 5.75 Å². The van der Waals surface area contributed by atoms with Gasteiger partial charge in [0.15, 0.2) is 6.61 Å². The molecule has 0 aliphatic carbocycles. The van der Waals surface area contributed by atoms with Crippen molar-refractivity contribution < 1.29 is 17.9 Å². The Labute approximate surface area is 140 Å². The van der Waals surface area contributed by atoms with Crippen LogP contribution in [0.3, 0.4) is 0 Å². The van der Waals surface area contributed by atoms with E-state index in [-0.39, 0.29) is 23.5 Å². The van der Waals surface area contributed by atoms with Crippen LogP contribution in [0, 0.1) is 0 Å². The second-order valence-corrected chi connectivity index (χ2v) is 7.92. The lowest BCUT2D eigenvalue weighted by Crippen LogP contribution is -2.36. The largest absolute Gasteiger partial charge is 0.481 e. The molecule has 0 heterocycles. The third-order valence-electron chi connectivity index (χ3n) is 2.81. The zero-order valence-electron chi connectivity index (χ0n) is 11.8. The molecule has 0 bridgehead atoms. The van der Waals surface area contributed by atoms with Crippen molar-refractivity contribution in [3.63, 3.8) is 0 Å². The smallest absolute Gasteiger partial charge is 0.260 e. The first kappa shape index (κ1) is 18.4. The summed E-state index contributed by atoms with van der Waals surface area (Å²) in [5.74, 6) is 0.159. The molecule has 9 heteroatoms. The number of sulfonamides is 1. The van der Waals surface area contributed by atoms with E-state index in [1.54, 1.807) is 11.9 Å². The molecular formula is C12H16Br2N2O4S. The minimum absolute atomic E-state index is 0.0563. The van der Waals surface area contributed by atoms with Gasteiger partial charge < -0.3 is 9.64 Å². The summed E-state index contributed by atoms with van der Waals surface area (Å²) in [7, 11) is -2.13. The summed E-state index contributed by atoms with van der Waals surface area (Å²) in [6, 6.07) is 2.72. The molecule has 0 aliphatic heterocycles. The SMILES string of the molecule is CC(C)N(C)C(=O)COc1c(Br)cc(S(N)(=O)=O)cc1Br. The van der Waals surface area contributed by atoms with Crippen LogP contribution in [0.1, 0.15) is 13.8 Å². The van der Waals surface area contributed by atoms with Crippen LogP contribution in [0.2, 0.25) is 0 Å². The molecule has 21 heavy (non-hydrogen) atoms. The summed E-state index contributed by atoms with van der Waals surface area (Å²) in [5, 5.41) is 5.07. The summed E-state index contributed by atoms with van der Waals surface area (Å²) < 4.78 is 28.9. The molecule has 0 fully saturated rings. The normalized spacial score (nSPS) is 11.6. The number of benzene rings is 1. The van der Waals surface area contributed by atoms with Crippen molar-refractivity contribution >= 4 is 47.8 Å². The van der Waals surface area contributed by atoms with Crippen LogP contribution < -0.4 is 9.88 Å². The van der Waals surface area contributed by atoms with E-state index < -0.39 is 10.0 Å². The van der Waals surface area contributed by atoms with Crippen LogP contribution in [0.4, 0.5) is 0 Å². The maximum atomic E-state index is 11.9. The van der Waals surface area contributed by atoms with Crippen molar-refractivity contribution in [2.75, 3.05) is 13.7 Å². The molecule has 6 nitrogen and oxygen atoms in total. The van der Waals surface area contributed by atoms with Crippen molar-refractivity contribution in [1.29, 1.82) is 0 Å². The minimum atomic E-state index is -3.81. The van der Waals surface area contributed by atoms with Gasteiger partial charge in [-0.2, -0.15) is 0 Å². The Bertz CT molecular complexity index is 624. The van der Waals surface area contributed by atoms with E-state index in [9.17, 15) is 13.2 Å². The van der Waals surface area contributed by atoms with Crippen LogP contribution in [0.25, 0.3) is 0 Å². The van der Waals surface area contributed by atoms with Gasteiger partial charge in [-0.3, -0.25) is 4.79 Å². The molecule has 0 aliphatic rings. The summed E-state index contributed by atoms with van der Waals surface area (Å²) in [4.78, 5) is 13.4. The Morgan fingerprint density at radius 2 is 1.81 bits per heavy atom. The van der Waals surface area contributed by atoms with E-state index in [0.717, 1.165) is 0 Å². The zero-order valence-corrected chi connectivity index (χ0v) is 15.7.